The summed E-state index contributed by atoms with van der Waals surface area (Å²) in [5, 5.41) is 0. The lowest BCUT2D eigenvalue weighted by atomic mass is 9.96. The molecule has 1 unspecified atom stereocenters. The maximum atomic E-state index is 12.5. The van der Waals surface area contributed by atoms with Crippen LogP contribution in [0, 0.1) is 0 Å². The Hall–Kier alpha value is -2.04. The summed E-state index contributed by atoms with van der Waals surface area (Å²) in [5.41, 5.74) is 4.30. The van der Waals surface area contributed by atoms with Gasteiger partial charge in [0.2, 0.25) is 0 Å². The molecule has 0 aliphatic carbocycles. The van der Waals surface area contributed by atoms with Gasteiger partial charge in [-0.15, -0.1) is 0 Å². The monoisotopic (exact) mass is 403 g/mol. The van der Waals surface area contributed by atoms with E-state index in [-0.39, 0.29) is 12.1 Å². The largest absolute Gasteiger partial charge is 0.444 e. The van der Waals surface area contributed by atoms with Crippen LogP contribution in [0.15, 0.2) is 40.2 Å². The number of rotatable bonds is 6. The molecule has 1 atom stereocenters. The lowest BCUT2D eigenvalue weighted by molar-refractivity contribution is 0.00494. The Morgan fingerprint density at radius 3 is 2.34 bits per heavy atom. The summed E-state index contributed by atoms with van der Waals surface area (Å²) in [5.74, 6) is 0. The van der Waals surface area contributed by atoms with Crippen molar-refractivity contribution in [3.63, 3.8) is 0 Å². The van der Waals surface area contributed by atoms with Gasteiger partial charge >= 0.3 is 6.09 Å². The first kappa shape index (κ1) is 25.0. The lowest BCUT2D eigenvalue weighted by Crippen LogP contribution is -2.54. The van der Waals surface area contributed by atoms with E-state index in [2.05, 4.69) is 63.6 Å². The number of carbonyl (C=O) groups excluding carboxylic acids is 1. The molecule has 0 aromatic carbocycles. The lowest BCUT2D eigenvalue weighted by Gasteiger charge is -2.42. The van der Waals surface area contributed by atoms with Crippen LogP contribution in [0.25, 0.3) is 0 Å². The van der Waals surface area contributed by atoms with E-state index in [0.717, 1.165) is 31.6 Å². The van der Waals surface area contributed by atoms with Crippen LogP contribution in [0.4, 0.5) is 4.79 Å². The first-order valence-corrected chi connectivity index (χ1v) is 10.9. The zero-order chi connectivity index (χ0) is 22.2. The first-order valence-electron chi connectivity index (χ1n) is 10.9. The van der Waals surface area contributed by atoms with Crippen LogP contribution in [-0.4, -0.2) is 52.9 Å². The Bertz CT molecular complexity index is 681. The van der Waals surface area contributed by atoms with E-state index in [4.69, 9.17) is 4.74 Å². The molecule has 29 heavy (non-hydrogen) atoms. The molecule has 0 spiro atoms. The molecule has 0 bridgehead atoms. The summed E-state index contributed by atoms with van der Waals surface area (Å²) in [6.07, 6.45) is 7.86. The number of carbonyl (C=O) groups is 1. The van der Waals surface area contributed by atoms with E-state index in [0.29, 0.717) is 6.54 Å². The van der Waals surface area contributed by atoms with Gasteiger partial charge in [0.1, 0.15) is 5.60 Å². The van der Waals surface area contributed by atoms with Gasteiger partial charge in [0.25, 0.3) is 0 Å². The summed E-state index contributed by atoms with van der Waals surface area (Å²) in [6.45, 7) is 20.7. The van der Waals surface area contributed by atoms with E-state index < -0.39 is 5.60 Å². The maximum absolute atomic E-state index is 12.5. The molecule has 5 nitrogen and oxygen atoms in total. The molecule has 0 radical (unpaired) electrons. The summed E-state index contributed by atoms with van der Waals surface area (Å²) in [4.78, 5) is 21.4. The Morgan fingerprint density at radius 1 is 1.21 bits per heavy atom. The van der Waals surface area contributed by atoms with Gasteiger partial charge in [0, 0.05) is 48.9 Å². The summed E-state index contributed by atoms with van der Waals surface area (Å²) >= 11 is 0. The number of aliphatic imine (C=N–C) groups is 1. The summed E-state index contributed by atoms with van der Waals surface area (Å²) in [6, 6.07) is 0.0858. The van der Waals surface area contributed by atoms with Crippen molar-refractivity contribution in [3.05, 3.63) is 35.2 Å². The van der Waals surface area contributed by atoms with Crippen LogP contribution in [0.1, 0.15) is 75.2 Å². The number of piperazine rings is 1. The highest BCUT2D eigenvalue weighted by atomic mass is 16.6. The topological polar surface area (TPSA) is 45.1 Å². The van der Waals surface area contributed by atoms with Gasteiger partial charge < -0.3 is 14.5 Å². The van der Waals surface area contributed by atoms with Crippen molar-refractivity contribution in [2.45, 2.75) is 86.8 Å². The predicted octanol–water partition coefficient (Wildman–Crippen LogP) is 5.94. The highest BCUT2D eigenvalue weighted by Gasteiger charge is 2.31. The van der Waals surface area contributed by atoms with Crippen LogP contribution in [0.5, 0.6) is 0 Å². The molecule has 1 rings (SSSR count). The van der Waals surface area contributed by atoms with Crippen LogP contribution in [0.2, 0.25) is 0 Å². The average Bonchev–Trinajstić information content (AvgIpc) is 2.63. The fourth-order valence-corrected chi connectivity index (χ4v) is 3.60. The van der Waals surface area contributed by atoms with Crippen molar-refractivity contribution in [3.8, 4) is 0 Å². The highest BCUT2D eigenvalue weighted by Crippen LogP contribution is 2.25. The standard InChI is InChI=1S/C24H41N3O2/c1-10-13-14-25-19(5)22(21(11-2)12-3)20(6)26-15-16-27(18(4)17-26)23(28)29-24(7,8)9/h11,13-14,18H,10,12,15-17H2,1-9H3/b14-13+,21-11-,22-20-,25-19+. The molecule has 0 N–H and O–H groups in total. The summed E-state index contributed by atoms with van der Waals surface area (Å²) in [7, 11) is 0. The van der Waals surface area contributed by atoms with Crippen molar-refractivity contribution in [1.82, 2.24) is 9.80 Å². The number of allylic oxidation sites excluding steroid dienone is 5. The smallest absolute Gasteiger partial charge is 0.410 e. The third kappa shape index (κ3) is 7.37. The maximum Gasteiger partial charge on any atom is 0.410 e. The molecule has 0 aromatic heterocycles. The average molecular weight is 404 g/mol. The second kappa shape index (κ2) is 11.2. The van der Waals surface area contributed by atoms with Gasteiger partial charge in [-0.05, 0) is 66.9 Å². The molecule has 1 saturated heterocycles. The van der Waals surface area contributed by atoms with E-state index in [1.165, 1.54) is 16.8 Å². The summed E-state index contributed by atoms with van der Waals surface area (Å²) < 4.78 is 5.58. The number of nitrogens with zero attached hydrogens (tertiary/aromatic N) is 3. The van der Waals surface area contributed by atoms with Crippen LogP contribution in [-0.2, 0) is 4.74 Å². The molecule has 164 valence electrons. The Balaban J connectivity index is 3.12. The van der Waals surface area contributed by atoms with Gasteiger partial charge in [0.15, 0.2) is 0 Å². The van der Waals surface area contributed by atoms with Crippen LogP contribution >= 0.6 is 0 Å². The van der Waals surface area contributed by atoms with Crippen LogP contribution in [0.3, 0.4) is 0 Å². The minimum Gasteiger partial charge on any atom is -0.444 e. The third-order valence-electron chi connectivity index (χ3n) is 5.11. The molecule has 1 fully saturated rings. The molecular weight excluding hydrogens is 362 g/mol. The molecule has 0 aromatic rings. The van der Waals surface area contributed by atoms with Crippen molar-refractivity contribution in [2.75, 3.05) is 19.6 Å². The molecule has 0 saturated carbocycles. The van der Waals surface area contributed by atoms with Gasteiger partial charge in [-0.3, -0.25) is 4.99 Å². The van der Waals surface area contributed by atoms with Gasteiger partial charge in [0.05, 0.1) is 0 Å². The van der Waals surface area contributed by atoms with Gasteiger partial charge in [-0.2, -0.15) is 0 Å². The molecule has 1 aliphatic heterocycles. The number of amides is 1. The second-order valence-corrected chi connectivity index (χ2v) is 8.60. The fraction of sp³-hybridized carbons (Fsp3) is 0.667. The first-order chi connectivity index (χ1) is 13.6. The number of hydrogen-bond donors (Lipinski definition) is 0. The molecule has 5 heteroatoms. The molecule has 1 amide bonds. The predicted molar refractivity (Wildman–Crippen MR) is 123 cm³/mol. The van der Waals surface area contributed by atoms with Crippen molar-refractivity contribution in [2.24, 2.45) is 4.99 Å². The van der Waals surface area contributed by atoms with E-state index >= 15 is 0 Å². The SMILES string of the molecule is C\C=C(CC)/C(C(/C)=N/C=C/CC)=C(/C)N1CCN(C(=O)OC(C)(C)C)C(C)C1. The normalized spacial score (nSPS) is 20.2. The zero-order valence-electron chi connectivity index (χ0n) is 20.0. The van der Waals surface area contributed by atoms with Crippen LogP contribution < -0.4 is 0 Å². The fourth-order valence-electron chi connectivity index (χ4n) is 3.60. The second-order valence-electron chi connectivity index (χ2n) is 8.60. The van der Waals surface area contributed by atoms with E-state index in [1.54, 1.807) is 0 Å². The molecule has 1 heterocycles. The Morgan fingerprint density at radius 2 is 1.86 bits per heavy atom. The zero-order valence-corrected chi connectivity index (χ0v) is 20.0. The third-order valence-corrected chi connectivity index (χ3v) is 5.11. The van der Waals surface area contributed by atoms with Gasteiger partial charge in [-0.1, -0.05) is 26.0 Å². The molecule has 1 aliphatic rings. The van der Waals surface area contributed by atoms with Crippen molar-refractivity contribution >= 4 is 11.8 Å². The van der Waals surface area contributed by atoms with Gasteiger partial charge in [-0.25, -0.2) is 4.79 Å². The van der Waals surface area contributed by atoms with E-state index in [1.807, 2.05) is 31.9 Å². The van der Waals surface area contributed by atoms with E-state index in [9.17, 15) is 4.79 Å². The van der Waals surface area contributed by atoms with Crippen molar-refractivity contribution in [1.29, 1.82) is 0 Å². The Kier molecular flexibility index (Phi) is 9.67. The number of hydrogen-bond acceptors (Lipinski definition) is 4. The minimum atomic E-state index is -0.474. The Labute approximate surface area is 178 Å². The van der Waals surface area contributed by atoms with Crippen molar-refractivity contribution < 1.29 is 9.53 Å². The number of ether oxygens (including phenoxy) is 1. The minimum absolute atomic E-state index is 0.0858. The quantitative estimate of drug-likeness (QED) is 0.407. The highest BCUT2D eigenvalue weighted by molar-refractivity contribution is 6.03. The molecular formula is C24H41N3O2.